The van der Waals surface area contributed by atoms with E-state index in [0.29, 0.717) is 68.1 Å². The van der Waals surface area contributed by atoms with Gasteiger partial charge in [0.1, 0.15) is 5.75 Å². The average molecular weight is 825 g/mol. The predicted molar refractivity (Wildman–Crippen MR) is 245 cm³/mol. The Morgan fingerprint density at radius 2 is 1.37 bits per heavy atom. The molecule has 0 amide bonds. The molecule has 2 aliphatic carbocycles. The van der Waals surface area contributed by atoms with Gasteiger partial charge in [-0.3, -0.25) is 0 Å². The molecule has 0 heterocycles. The molecule has 2 N–H and O–H groups in total. The molecular weight excluding hydrogens is 749 g/mol. The van der Waals surface area contributed by atoms with Gasteiger partial charge in [0.05, 0.1) is 33.0 Å². The molecule has 2 aromatic carbocycles. The summed E-state index contributed by atoms with van der Waals surface area (Å²) in [4.78, 5) is 24.4. The minimum absolute atomic E-state index is 0.120. The van der Waals surface area contributed by atoms with Crippen molar-refractivity contribution < 1.29 is 34.0 Å². The summed E-state index contributed by atoms with van der Waals surface area (Å²) in [5.41, 5.74) is 8.56. The largest absolute Gasteiger partial charge is 0.493 e. The molecule has 1 saturated carbocycles. The van der Waals surface area contributed by atoms with Gasteiger partial charge in [0.25, 0.3) is 0 Å². The highest BCUT2D eigenvalue weighted by Crippen LogP contribution is 2.41. The highest BCUT2D eigenvalue weighted by atomic mass is 16.5. The third-order valence-electron chi connectivity index (χ3n) is 12.8. The molecule has 1 fully saturated rings. The van der Waals surface area contributed by atoms with Gasteiger partial charge in [-0.15, -0.1) is 0 Å². The Hall–Kier alpha value is -3.94. The second-order valence-corrected chi connectivity index (χ2v) is 17.7. The summed E-state index contributed by atoms with van der Waals surface area (Å²) in [5.74, 6) is 1.92. The van der Waals surface area contributed by atoms with Crippen LogP contribution in [0.15, 0.2) is 78.4 Å². The average Bonchev–Trinajstić information content (AvgIpc) is 3.26. The van der Waals surface area contributed by atoms with Crippen LogP contribution in [0.2, 0.25) is 0 Å². The van der Waals surface area contributed by atoms with Crippen molar-refractivity contribution in [3.05, 3.63) is 101 Å². The predicted octanol–water partition coefficient (Wildman–Crippen LogP) is 11.9. The first-order valence-corrected chi connectivity index (χ1v) is 23.1. The lowest BCUT2D eigenvalue weighted by Crippen LogP contribution is -2.31. The molecule has 2 aliphatic rings. The molecule has 1 atom stereocenters. The Labute approximate surface area is 362 Å². The van der Waals surface area contributed by atoms with Crippen molar-refractivity contribution in [1.29, 1.82) is 0 Å². The Kier molecular flexibility index (Phi) is 20.4. The van der Waals surface area contributed by atoms with Gasteiger partial charge >= 0.3 is 11.9 Å². The fraction of sp³-hybridized carbons (Fsp3) is 0.585. The molecule has 0 radical (unpaired) electrons. The summed E-state index contributed by atoms with van der Waals surface area (Å²) in [6.07, 6.45) is 24.6. The monoisotopic (exact) mass is 825 g/mol. The normalized spacial score (nSPS) is 17.9. The Morgan fingerprint density at radius 1 is 0.750 bits per heavy atom. The van der Waals surface area contributed by atoms with Crippen molar-refractivity contribution in [3.8, 4) is 16.9 Å². The van der Waals surface area contributed by atoms with E-state index >= 15 is 0 Å². The fourth-order valence-electron chi connectivity index (χ4n) is 9.06. The number of carbonyl (C=O) groups is 2. The van der Waals surface area contributed by atoms with Crippen molar-refractivity contribution in [1.82, 2.24) is 0 Å². The van der Waals surface area contributed by atoms with Crippen LogP contribution in [0.1, 0.15) is 153 Å². The highest BCUT2D eigenvalue weighted by molar-refractivity contribution is 5.87. The van der Waals surface area contributed by atoms with E-state index < -0.39 is 17.4 Å². The summed E-state index contributed by atoms with van der Waals surface area (Å²) < 4.78 is 17.6. The number of hydrogen-bond acceptors (Lipinski definition) is 7. The molecule has 330 valence electrons. The van der Waals surface area contributed by atoms with Gasteiger partial charge in [-0.05, 0) is 154 Å². The second-order valence-electron chi connectivity index (χ2n) is 17.7. The maximum absolute atomic E-state index is 12.2. The van der Waals surface area contributed by atoms with Crippen LogP contribution in [0.25, 0.3) is 11.1 Å². The fourth-order valence-corrected chi connectivity index (χ4v) is 9.06. The van der Waals surface area contributed by atoms with Crippen molar-refractivity contribution in [2.24, 2.45) is 17.3 Å². The smallest absolute Gasteiger partial charge is 0.333 e. The quantitative estimate of drug-likeness (QED) is 0.0553. The van der Waals surface area contributed by atoms with Crippen LogP contribution in [-0.4, -0.2) is 55.2 Å². The molecule has 4 rings (SSSR count). The summed E-state index contributed by atoms with van der Waals surface area (Å²) in [5, 5.41) is 20.5. The van der Waals surface area contributed by atoms with Crippen molar-refractivity contribution in [2.45, 2.75) is 150 Å². The zero-order valence-corrected chi connectivity index (χ0v) is 37.8. The van der Waals surface area contributed by atoms with E-state index in [-0.39, 0.29) is 26.4 Å². The molecule has 0 aliphatic heterocycles. The molecular formula is C53H76O7. The number of esters is 2. The van der Waals surface area contributed by atoms with Crippen LogP contribution in [0.5, 0.6) is 5.75 Å². The van der Waals surface area contributed by atoms with Crippen molar-refractivity contribution >= 4 is 11.9 Å². The van der Waals surface area contributed by atoms with Crippen molar-refractivity contribution in [2.75, 3.05) is 33.0 Å². The second kappa shape index (κ2) is 25.1. The van der Waals surface area contributed by atoms with E-state index in [0.717, 1.165) is 53.2 Å². The van der Waals surface area contributed by atoms with Gasteiger partial charge in [-0.2, -0.15) is 0 Å². The number of aliphatic hydroxyl groups excluding tert-OH is 2. The molecule has 7 heteroatoms. The zero-order valence-electron chi connectivity index (χ0n) is 37.8. The molecule has 0 spiro atoms. The maximum Gasteiger partial charge on any atom is 0.333 e. The summed E-state index contributed by atoms with van der Waals surface area (Å²) in [7, 11) is 0. The molecule has 2 aromatic rings. The van der Waals surface area contributed by atoms with Crippen LogP contribution in [0.4, 0.5) is 0 Å². The van der Waals surface area contributed by atoms with Gasteiger partial charge < -0.3 is 24.4 Å². The maximum atomic E-state index is 12.2. The van der Waals surface area contributed by atoms with Crippen molar-refractivity contribution in [3.63, 3.8) is 0 Å². The number of aryl methyl sites for hydroxylation is 3. The number of allylic oxidation sites excluding steroid dienone is 4. The van der Waals surface area contributed by atoms with Gasteiger partial charge in [-0.1, -0.05) is 102 Å². The Balaban J connectivity index is 1.61. The van der Waals surface area contributed by atoms with Crippen LogP contribution >= 0.6 is 0 Å². The highest BCUT2D eigenvalue weighted by Gasteiger charge is 2.29. The van der Waals surface area contributed by atoms with Gasteiger partial charge in [-0.25, -0.2) is 9.59 Å². The number of ether oxygens (including phenoxy) is 3. The topological polar surface area (TPSA) is 102 Å². The minimum Gasteiger partial charge on any atom is -0.493 e. The zero-order chi connectivity index (χ0) is 43.5. The van der Waals surface area contributed by atoms with Crippen LogP contribution in [0.3, 0.4) is 0 Å². The summed E-state index contributed by atoms with van der Waals surface area (Å²) in [6.45, 7) is 17.9. The van der Waals surface area contributed by atoms with Gasteiger partial charge in [0.15, 0.2) is 0 Å². The Bertz CT molecular complexity index is 1720. The number of rotatable bonds is 26. The van der Waals surface area contributed by atoms with E-state index in [1.54, 1.807) is 19.4 Å². The Morgan fingerprint density at radius 3 is 1.88 bits per heavy atom. The molecule has 0 saturated heterocycles. The van der Waals surface area contributed by atoms with E-state index in [1.807, 2.05) is 6.92 Å². The first-order chi connectivity index (χ1) is 29.0. The summed E-state index contributed by atoms with van der Waals surface area (Å²) in [6, 6.07) is 11.3. The third kappa shape index (κ3) is 14.3. The van der Waals surface area contributed by atoms with E-state index in [2.05, 4.69) is 75.6 Å². The molecule has 1 unspecified atom stereocenters. The molecule has 7 nitrogen and oxygen atoms in total. The lowest BCUT2D eigenvalue weighted by molar-refractivity contribution is -0.139. The number of carbonyl (C=O) groups excluding carboxylic acids is 2. The lowest BCUT2D eigenvalue weighted by atomic mass is 9.74. The minimum atomic E-state index is -0.626. The molecule has 60 heavy (non-hydrogen) atoms. The van der Waals surface area contributed by atoms with Crippen LogP contribution in [-0.2, 0) is 38.3 Å². The number of hydrogen-bond donors (Lipinski definition) is 2. The first kappa shape index (κ1) is 48.7. The standard InChI is InChI=1S/C53H76O7/c1-8-11-12-15-40-18-20-42(21-19-40)43-22-24-44(25-23-43)49-27-26-45(33-41(49)10-3)48-34-46(16-13-30-59-51(56)38(4)5)50(58-32-29-53(36-54,37-55)28-9-2)47(35-48)17-14-31-60-52(57)39(6)7/h22-24,26-27,33-35,40,42,44,54-55H,4,6,8-21,25,28-32,36-37H2,1-3,5,7H3. The molecule has 0 bridgehead atoms. The third-order valence-corrected chi connectivity index (χ3v) is 12.8. The molecule has 0 aromatic heterocycles. The van der Waals surface area contributed by atoms with E-state index in [1.165, 1.54) is 62.5 Å². The van der Waals surface area contributed by atoms with Crippen LogP contribution in [0, 0.1) is 17.3 Å². The van der Waals surface area contributed by atoms with Crippen LogP contribution < -0.4 is 4.74 Å². The number of unbranched alkanes of at least 4 members (excludes halogenated alkanes) is 2. The van der Waals surface area contributed by atoms with E-state index in [9.17, 15) is 19.8 Å². The first-order valence-electron chi connectivity index (χ1n) is 23.1. The number of benzene rings is 2. The lowest BCUT2D eigenvalue weighted by Gasteiger charge is -2.31. The summed E-state index contributed by atoms with van der Waals surface area (Å²) >= 11 is 0. The van der Waals surface area contributed by atoms with Gasteiger partial charge in [0, 0.05) is 22.5 Å². The van der Waals surface area contributed by atoms with Gasteiger partial charge in [0.2, 0.25) is 0 Å². The SMILES string of the molecule is C=C(C)C(=O)OCCCc1cc(-c2ccc(C3C=CC(C4CCC(CCCCC)CC4)=CC3)c(CC)c2)cc(CCCOC(=O)C(=C)C)c1OCCC(CO)(CO)CCC. The van der Waals surface area contributed by atoms with E-state index in [4.69, 9.17) is 14.2 Å². The number of aliphatic hydroxyl groups is 2.